The number of halogens is 2. The maximum Gasteiger partial charge on any atom is 0.272 e. The molecule has 1 aliphatic carbocycles. The third-order valence-electron chi connectivity index (χ3n) is 3.72. The average Bonchev–Trinajstić information content (AvgIpc) is 3.09. The van der Waals surface area contributed by atoms with Gasteiger partial charge in [-0.15, -0.1) is 0 Å². The van der Waals surface area contributed by atoms with Gasteiger partial charge in [0.25, 0.3) is 5.91 Å². The van der Waals surface area contributed by atoms with Crippen molar-refractivity contribution in [3.8, 4) is 5.69 Å². The lowest BCUT2D eigenvalue weighted by Crippen LogP contribution is -2.30. The van der Waals surface area contributed by atoms with E-state index in [1.165, 1.54) is 10.7 Å². The van der Waals surface area contributed by atoms with Gasteiger partial charge in [-0.25, -0.2) is 13.5 Å². The van der Waals surface area contributed by atoms with Gasteiger partial charge < -0.3 is 11.1 Å². The molecule has 0 aliphatic heterocycles. The molecule has 0 unspecified atom stereocenters. The van der Waals surface area contributed by atoms with Crippen LogP contribution in [0.25, 0.3) is 5.69 Å². The van der Waals surface area contributed by atoms with E-state index in [0.717, 1.165) is 42.7 Å². The molecule has 1 heterocycles. The molecule has 0 bridgehead atoms. The van der Waals surface area contributed by atoms with Crippen LogP contribution < -0.4 is 11.1 Å². The number of hydrogen-bond donors (Lipinski definition) is 2. The molecule has 116 valence electrons. The Hall–Kier alpha value is -2.28. The molecule has 0 saturated heterocycles. The number of benzene rings is 1. The van der Waals surface area contributed by atoms with Gasteiger partial charge in [0.1, 0.15) is 0 Å². The number of hydrogen-bond acceptors (Lipinski definition) is 3. The zero-order chi connectivity index (χ0) is 15.7. The van der Waals surface area contributed by atoms with Gasteiger partial charge >= 0.3 is 0 Å². The van der Waals surface area contributed by atoms with Crippen molar-refractivity contribution in [1.29, 1.82) is 0 Å². The lowest BCUT2D eigenvalue weighted by atomic mass is 10.2. The molecule has 1 aromatic carbocycles. The summed E-state index contributed by atoms with van der Waals surface area (Å²) in [5, 5.41) is 6.99. The summed E-state index contributed by atoms with van der Waals surface area (Å²) in [6, 6.07) is 3.59. The van der Waals surface area contributed by atoms with E-state index in [4.69, 9.17) is 5.73 Å². The Morgan fingerprint density at radius 3 is 2.86 bits per heavy atom. The van der Waals surface area contributed by atoms with E-state index in [-0.39, 0.29) is 5.91 Å². The summed E-state index contributed by atoms with van der Waals surface area (Å²) < 4.78 is 28.0. The molecule has 1 aliphatic rings. The molecule has 0 spiro atoms. The van der Waals surface area contributed by atoms with E-state index in [9.17, 15) is 13.6 Å². The summed E-state index contributed by atoms with van der Waals surface area (Å²) in [5.41, 5.74) is 7.88. The topological polar surface area (TPSA) is 72.9 Å². The molecular weight excluding hydrogens is 290 g/mol. The molecule has 0 fully saturated rings. The summed E-state index contributed by atoms with van der Waals surface area (Å²) in [5.74, 6) is -2.13. The van der Waals surface area contributed by atoms with Gasteiger partial charge in [0.05, 0.1) is 5.69 Å². The molecule has 0 radical (unpaired) electrons. The van der Waals surface area contributed by atoms with Crippen molar-refractivity contribution in [2.75, 3.05) is 13.1 Å². The highest BCUT2D eigenvalue weighted by Crippen LogP contribution is 2.28. The highest BCUT2D eigenvalue weighted by molar-refractivity contribution is 5.94. The van der Waals surface area contributed by atoms with Crippen molar-refractivity contribution in [1.82, 2.24) is 15.1 Å². The second-order valence-corrected chi connectivity index (χ2v) is 5.18. The molecule has 5 nitrogen and oxygen atoms in total. The fourth-order valence-corrected chi connectivity index (χ4v) is 2.72. The molecule has 0 atom stereocenters. The second-order valence-electron chi connectivity index (χ2n) is 5.18. The Balaban J connectivity index is 2.02. The molecular formula is C15H16F2N4O. The first-order valence-electron chi connectivity index (χ1n) is 7.16. The number of aromatic nitrogens is 2. The zero-order valence-corrected chi connectivity index (χ0v) is 11.9. The van der Waals surface area contributed by atoms with Crippen LogP contribution in [0.4, 0.5) is 8.78 Å². The van der Waals surface area contributed by atoms with E-state index >= 15 is 0 Å². The van der Waals surface area contributed by atoms with Crippen molar-refractivity contribution >= 4 is 5.91 Å². The van der Waals surface area contributed by atoms with Crippen molar-refractivity contribution in [2.24, 2.45) is 5.73 Å². The summed E-state index contributed by atoms with van der Waals surface area (Å²) in [4.78, 5) is 12.2. The highest BCUT2D eigenvalue weighted by atomic mass is 19.2. The maximum atomic E-state index is 13.4. The first-order chi connectivity index (χ1) is 10.6. The van der Waals surface area contributed by atoms with Crippen molar-refractivity contribution in [3.05, 3.63) is 46.8 Å². The van der Waals surface area contributed by atoms with Crippen LogP contribution in [-0.4, -0.2) is 28.8 Å². The number of rotatable bonds is 4. The van der Waals surface area contributed by atoms with Crippen LogP contribution in [-0.2, 0) is 12.8 Å². The van der Waals surface area contributed by atoms with Crippen molar-refractivity contribution in [3.63, 3.8) is 0 Å². The number of carbonyl (C=O) groups excluding carboxylic acids is 1. The fraction of sp³-hybridized carbons (Fsp3) is 0.333. The Morgan fingerprint density at radius 2 is 2.14 bits per heavy atom. The van der Waals surface area contributed by atoms with Crippen LogP contribution in [0.3, 0.4) is 0 Å². The normalized spacial score (nSPS) is 13.2. The van der Waals surface area contributed by atoms with Gasteiger partial charge in [-0.05, 0) is 31.4 Å². The smallest absolute Gasteiger partial charge is 0.272 e. The lowest BCUT2D eigenvalue weighted by Gasteiger charge is -2.06. The van der Waals surface area contributed by atoms with Crippen molar-refractivity contribution in [2.45, 2.75) is 19.3 Å². The predicted octanol–water partition coefficient (Wildman–Crippen LogP) is 1.33. The quantitative estimate of drug-likeness (QED) is 0.895. The Morgan fingerprint density at radius 1 is 1.32 bits per heavy atom. The highest BCUT2D eigenvalue weighted by Gasteiger charge is 2.27. The number of nitrogens with two attached hydrogens (primary N) is 1. The predicted molar refractivity (Wildman–Crippen MR) is 76.9 cm³/mol. The minimum Gasteiger partial charge on any atom is -0.349 e. The van der Waals surface area contributed by atoms with Gasteiger partial charge in [-0.1, -0.05) is 0 Å². The summed E-state index contributed by atoms with van der Waals surface area (Å²) in [6.45, 7) is 0.712. The first-order valence-corrected chi connectivity index (χ1v) is 7.16. The Labute approximate surface area is 126 Å². The van der Waals surface area contributed by atoms with Gasteiger partial charge in [-0.2, -0.15) is 5.10 Å². The minimum absolute atomic E-state index is 0.287. The van der Waals surface area contributed by atoms with Crippen molar-refractivity contribution < 1.29 is 13.6 Å². The number of amides is 1. The van der Waals surface area contributed by atoms with Crippen LogP contribution in [0, 0.1) is 11.6 Å². The van der Waals surface area contributed by atoms with Gasteiger partial charge in [0.2, 0.25) is 0 Å². The zero-order valence-electron chi connectivity index (χ0n) is 11.9. The van der Waals surface area contributed by atoms with Crippen LogP contribution in [0.5, 0.6) is 0 Å². The Bertz CT molecular complexity index is 727. The van der Waals surface area contributed by atoms with Crippen LogP contribution in [0.15, 0.2) is 18.2 Å². The maximum absolute atomic E-state index is 13.4. The summed E-state index contributed by atoms with van der Waals surface area (Å²) >= 11 is 0. The molecule has 1 amide bonds. The van der Waals surface area contributed by atoms with E-state index in [0.29, 0.717) is 24.5 Å². The third-order valence-corrected chi connectivity index (χ3v) is 3.72. The van der Waals surface area contributed by atoms with Crippen LogP contribution in [0.1, 0.15) is 28.2 Å². The van der Waals surface area contributed by atoms with Gasteiger partial charge in [-0.3, -0.25) is 4.79 Å². The summed E-state index contributed by atoms with van der Waals surface area (Å²) in [7, 11) is 0. The summed E-state index contributed by atoms with van der Waals surface area (Å²) in [6.07, 6.45) is 2.42. The molecule has 0 saturated carbocycles. The standard InChI is InChI=1S/C15H16F2N4O/c16-11-5-4-9(8-12(11)17)21-13-3-1-2-10(13)14(20-21)15(22)19-7-6-18/h4-5,8H,1-3,6-7,18H2,(H,19,22). The van der Waals surface area contributed by atoms with E-state index in [2.05, 4.69) is 10.4 Å². The van der Waals surface area contributed by atoms with Crippen LogP contribution in [0.2, 0.25) is 0 Å². The first kappa shape index (κ1) is 14.6. The number of nitrogens with one attached hydrogen (secondary N) is 1. The van der Waals surface area contributed by atoms with E-state index < -0.39 is 11.6 Å². The van der Waals surface area contributed by atoms with E-state index in [1.807, 2.05) is 0 Å². The van der Waals surface area contributed by atoms with Crippen LogP contribution >= 0.6 is 0 Å². The molecule has 2 aromatic rings. The minimum atomic E-state index is -0.936. The third kappa shape index (κ3) is 2.48. The second kappa shape index (κ2) is 5.84. The molecule has 7 heteroatoms. The monoisotopic (exact) mass is 306 g/mol. The SMILES string of the molecule is NCCNC(=O)c1nn(-c2ccc(F)c(F)c2)c2c1CCC2. The van der Waals surface area contributed by atoms with Gasteiger partial charge in [0.15, 0.2) is 17.3 Å². The number of carbonyl (C=O) groups is 1. The Kier molecular flexibility index (Phi) is 3.89. The van der Waals surface area contributed by atoms with Gasteiger partial charge in [0, 0.05) is 30.4 Å². The van der Waals surface area contributed by atoms with E-state index in [1.54, 1.807) is 0 Å². The molecule has 3 N–H and O–H groups in total. The number of nitrogens with zero attached hydrogens (tertiary/aromatic N) is 2. The molecule has 3 rings (SSSR count). The number of fused-ring (bicyclic) bond motifs is 1. The average molecular weight is 306 g/mol. The largest absolute Gasteiger partial charge is 0.349 e. The molecule has 1 aromatic heterocycles. The lowest BCUT2D eigenvalue weighted by molar-refractivity contribution is 0.0948. The fourth-order valence-electron chi connectivity index (χ4n) is 2.72. The molecule has 22 heavy (non-hydrogen) atoms.